The van der Waals surface area contributed by atoms with Gasteiger partial charge in [0.25, 0.3) is 0 Å². The summed E-state index contributed by atoms with van der Waals surface area (Å²) in [5.74, 6) is -0.228. The van der Waals surface area contributed by atoms with Crippen molar-refractivity contribution in [1.82, 2.24) is 9.97 Å². The summed E-state index contributed by atoms with van der Waals surface area (Å²) in [5.41, 5.74) is 4.77. The van der Waals surface area contributed by atoms with Crippen molar-refractivity contribution < 1.29 is 47.8 Å². The van der Waals surface area contributed by atoms with E-state index in [-0.39, 0.29) is 76.2 Å². The molecular weight excluding hydrogens is 849 g/mol. The first kappa shape index (κ1) is 22.4. The Morgan fingerprint density at radius 2 is 1.51 bits per heavy atom. The summed E-state index contributed by atoms with van der Waals surface area (Å²) in [6.07, 6.45) is 4.06. The van der Waals surface area contributed by atoms with Gasteiger partial charge in [0.15, 0.2) is 0 Å². The van der Waals surface area contributed by atoms with Gasteiger partial charge in [-0.15, -0.1) is 47.5 Å². The molecule has 3 nitrogen and oxygen atoms in total. The molecule has 1 aliphatic carbocycles. The van der Waals surface area contributed by atoms with Gasteiger partial charge in [0.05, 0.1) is 5.58 Å². The number of nitrogens with zero attached hydrogens (tertiary/aromatic N) is 2. The summed E-state index contributed by atoms with van der Waals surface area (Å²) < 4.78 is 142. The Morgan fingerprint density at radius 3 is 2.29 bits per heavy atom. The average molecular weight is 912 g/mol. The molecule has 0 N–H and O–H groups in total. The normalized spacial score (nSPS) is 18.7. The zero-order valence-corrected chi connectivity index (χ0v) is 32.0. The fourth-order valence-corrected chi connectivity index (χ4v) is 6.97. The van der Waals surface area contributed by atoms with Gasteiger partial charge in [0.2, 0.25) is 0 Å². The third kappa shape index (κ3) is 8.27. The summed E-state index contributed by atoms with van der Waals surface area (Å²) in [5, 5.41) is 1.21. The standard InChI is InChI=1S/C32H30NO.C19H16N.Ir/c1-20-11-14-31-29(15-20)26-9-6-10-27(32(26)34-31)30-18-28(22(3)19-33-30)25-13-12-24(16-21(25)2)17-23-7-4-5-8-23;1-14-8-11-19(20-13-14)17-10-9-15(2)18(12-17)16-6-4-3-5-7-16;/h6,9,11-16,18-19,23H,4-5,7-8,17H2,1-3H3;3-9,11-13H,1-2H3;/q2*-1;/i1D3,2D3,3D3,17D2;1D3,2D3;. The van der Waals surface area contributed by atoms with Crippen LogP contribution < -0.4 is 0 Å². The van der Waals surface area contributed by atoms with Crippen LogP contribution in [0.3, 0.4) is 0 Å². The van der Waals surface area contributed by atoms with Crippen LogP contribution in [0.2, 0.25) is 0 Å². The second-order valence-corrected chi connectivity index (χ2v) is 13.4. The number of pyridine rings is 2. The van der Waals surface area contributed by atoms with Crippen molar-refractivity contribution in [2.75, 3.05) is 0 Å². The number of furan rings is 1. The molecule has 0 unspecified atom stereocenters. The van der Waals surface area contributed by atoms with Crippen molar-refractivity contribution in [3.05, 3.63) is 167 Å². The molecule has 9 rings (SSSR count). The Labute approximate surface area is 363 Å². The Balaban J connectivity index is 0.000000240. The predicted octanol–water partition coefficient (Wildman–Crippen LogP) is 13.6. The molecule has 0 saturated heterocycles. The second kappa shape index (κ2) is 16.7. The average Bonchev–Trinajstić information content (AvgIpc) is 4.00. The Kier molecular flexibility index (Phi) is 6.80. The number of rotatable bonds is 6. The van der Waals surface area contributed by atoms with Crippen molar-refractivity contribution in [2.45, 2.75) is 66.3 Å². The molecule has 1 aliphatic rings. The maximum atomic E-state index is 8.84. The minimum atomic E-state index is -2.67. The fourth-order valence-electron chi connectivity index (χ4n) is 6.97. The zero-order chi connectivity index (χ0) is 51.5. The molecule has 1 saturated carbocycles. The first-order chi connectivity index (χ1) is 33.1. The van der Waals surface area contributed by atoms with Crippen molar-refractivity contribution in [3.8, 4) is 44.8 Å². The van der Waals surface area contributed by atoms with E-state index >= 15 is 0 Å². The van der Waals surface area contributed by atoms with Gasteiger partial charge in [-0.1, -0.05) is 127 Å². The van der Waals surface area contributed by atoms with Crippen molar-refractivity contribution in [1.29, 1.82) is 0 Å². The molecule has 3 aromatic heterocycles. The molecule has 277 valence electrons. The monoisotopic (exact) mass is 912 g/mol. The Bertz CT molecular complexity index is 3220. The Morgan fingerprint density at radius 1 is 0.691 bits per heavy atom. The van der Waals surface area contributed by atoms with E-state index < -0.39 is 40.6 Å². The molecule has 3 heterocycles. The summed E-state index contributed by atoms with van der Waals surface area (Å²) in [4.78, 5) is 8.65. The van der Waals surface area contributed by atoms with Crippen LogP contribution in [0.25, 0.3) is 66.7 Å². The number of aryl methyl sites for hydroxylation is 5. The van der Waals surface area contributed by atoms with Crippen molar-refractivity contribution in [3.63, 3.8) is 0 Å². The van der Waals surface area contributed by atoms with Crippen LogP contribution in [0.15, 0.2) is 126 Å². The van der Waals surface area contributed by atoms with Crippen LogP contribution in [0.4, 0.5) is 0 Å². The van der Waals surface area contributed by atoms with Gasteiger partial charge in [0.1, 0.15) is 5.58 Å². The molecule has 5 aromatic carbocycles. The van der Waals surface area contributed by atoms with Crippen molar-refractivity contribution in [2.24, 2.45) is 5.92 Å². The van der Waals surface area contributed by atoms with E-state index in [1.54, 1.807) is 42.5 Å². The molecule has 0 atom stereocenters. The van der Waals surface area contributed by atoms with Gasteiger partial charge >= 0.3 is 0 Å². The van der Waals surface area contributed by atoms with E-state index in [2.05, 4.69) is 22.1 Å². The van der Waals surface area contributed by atoms with Gasteiger partial charge in [-0.2, -0.15) is 0 Å². The third-order valence-electron chi connectivity index (χ3n) is 9.70. The number of aromatic nitrogens is 2. The molecule has 55 heavy (non-hydrogen) atoms. The molecule has 0 bridgehead atoms. The molecule has 0 amide bonds. The Hall–Kier alpha value is -5.15. The van der Waals surface area contributed by atoms with Gasteiger partial charge in [-0.05, 0) is 102 Å². The minimum absolute atomic E-state index is 0. The SMILES string of the molecule is [2H]C([2H])([2H])c1ccc(-c2[c-]cc(C([2H])([2H])[2H])c(-c3ccccc3)c2)nc1.[2H]C([2H])([2H])c1ccc2oc3c(-c4cc(-c5ccc(C([2H])([2H])C6CCCC6)cc5C([2H])([2H])[2H])c(C([2H])([2H])[2H])cn4)[c-]ccc3c2c1.[Ir]. The predicted molar refractivity (Wildman–Crippen MR) is 225 cm³/mol. The van der Waals surface area contributed by atoms with Gasteiger partial charge in [-0.25, -0.2) is 0 Å². The van der Waals surface area contributed by atoms with E-state index in [1.165, 1.54) is 48.8 Å². The molecule has 0 spiro atoms. The molecule has 1 radical (unpaired) electrons. The number of fused-ring (bicyclic) bond motifs is 3. The summed E-state index contributed by atoms with van der Waals surface area (Å²) in [7, 11) is 0. The second-order valence-electron chi connectivity index (χ2n) is 13.4. The van der Waals surface area contributed by atoms with E-state index in [4.69, 9.17) is 27.7 Å². The first-order valence-corrected chi connectivity index (χ1v) is 17.7. The van der Waals surface area contributed by atoms with E-state index in [0.29, 0.717) is 44.3 Å². The van der Waals surface area contributed by atoms with Gasteiger partial charge < -0.3 is 14.4 Å². The molecule has 8 aromatic rings. The molecular formula is C51H46IrN2O-2. The van der Waals surface area contributed by atoms with Crippen LogP contribution in [-0.2, 0) is 26.5 Å². The molecule has 0 aliphatic heterocycles. The van der Waals surface area contributed by atoms with Gasteiger partial charge in [0, 0.05) is 61.2 Å². The summed E-state index contributed by atoms with van der Waals surface area (Å²) >= 11 is 0. The minimum Gasteiger partial charge on any atom is -0.501 e. The largest absolute Gasteiger partial charge is 0.501 e. The topological polar surface area (TPSA) is 38.9 Å². The van der Waals surface area contributed by atoms with Crippen LogP contribution in [-0.4, -0.2) is 9.97 Å². The van der Waals surface area contributed by atoms with Crippen LogP contribution in [0.5, 0.6) is 0 Å². The van der Waals surface area contributed by atoms with Crippen molar-refractivity contribution >= 4 is 21.9 Å². The number of hydrogen-bond acceptors (Lipinski definition) is 3. The van der Waals surface area contributed by atoms with E-state index in [9.17, 15) is 0 Å². The first-order valence-electron chi connectivity index (χ1n) is 26.2. The van der Waals surface area contributed by atoms with Gasteiger partial charge in [-0.3, -0.25) is 0 Å². The van der Waals surface area contributed by atoms with Crippen LogP contribution in [0, 0.1) is 52.3 Å². The summed E-state index contributed by atoms with van der Waals surface area (Å²) in [6.45, 7) is -12.1. The van der Waals surface area contributed by atoms with Crippen LogP contribution in [0.1, 0.15) is 82.4 Å². The smallest absolute Gasteiger partial charge is 0.120 e. The molecule has 1 fully saturated rings. The summed E-state index contributed by atoms with van der Waals surface area (Å²) in [6, 6.07) is 35.6. The zero-order valence-electron chi connectivity index (χ0n) is 46.6. The third-order valence-corrected chi connectivity index (χ3v) is 9.70. The van der Waals surface area contributed by atoms with E-state index in [0.717, 1.165) is 31.2 Å². The number of benzene rings is 5. The van der Waals surface area contributed by atoms with E-state index in [1.807, 2.05) is 30.3 Å². The molecule has 4 heteroatoms. The number of hydrogen-bond donors (Lipinski definition) is 0. The maximum Gasteiger partial charge on any atom is 0.120 e. The quantitative estimate of drug-likeness (QED) is 0.156. The fraction of sp³-hybridized carbons (Fsp3) is 0.216. The maximum absolute atomic E-state index is 8.84. The van der Waals surface area contributed by atoms with Crippen LogP contribution >= 0.6 is 0 Å².